The zero-order valence-electron chi connectivity index (χ0n) is 16.3. The Morgan fingerprint density at radius 2 is 2.07 bits per heavy atom. The normalized spacial score (nSPS) is 12.4. The van der Waals surface area contributed by atoms with Crippen molar-refractivity contribution >= 4 is 45.9 Å². The highest BCUT2D eigenvalue weighted by Gasteiger charge is 2.10. The minimum atomic E-state index is 0. The number of benzene rings is 1. The van der Waals surface area contributed by atoms with Crippen LogP contribution in [0.25, 0.3) is 0 Å². The number of hydrogen-bond acceptors (Lipinski definition) is 3. The first kappa shape index (κ1) is 23.9. The summed E-state index contributed by atoms with van der Waals surface area (Å²) in [5, 5.41) is 14.9. The monoisotopic (exact) mass is 548 g/mol. The molecule has 0 aliphatic heterocycles. The summed E-state index contributed by atoms with van der Waals surface area (Å²) >= 11 is 3.55. The predicted octanol–water partition coefficient (Wildman–Crippen LogP) is 4.00. The molecule has 2 rings (SSSR count). The molecule has 1 heterocycles. The van der Waals surface area contributed by atoms with Crippen molar-refractivity contribution in [1.29, 1.82) is 0 Å². The van der Waals surface area contributed by atoms with Crippen LogP contribution in [0.3, 0.4) is 0 Å². The first-order valence-corrected chi connectivity index (χ1v) is 10.1. The lowest BCUT2D eigenvalue weighted by molar-refractivity contribution is 0.493. The minimum Gasteiger partial charge on any atom is -0.357 e. The second-order valence-corrected chi connectivity index (χ2v) is 7.13. The van der Waals surface area contributed by atoms with Gasteiger partial charge in [-0.15, -0.1) is 34.2 Å². The SMILES string of the molecule is CCNC(=NCc1nncn1CC)NCC(CC)Cc1cccc(Br)c1.I. The number of aliphatic imine (C=N–C) groups is 1. The van der Waals surface area contributed by atoms with E-state index in [-0.39, 0.29) is 24.0 Å². The fraction of sp³-hybridized carbons (Fsp3) is 0.526. The molecule has 0 saturated carbocycles. The average molecular weight is 549 g/mol. The van der Waals surface area contributed by atoms with Crippen LogP contribution in [-0.2, 0) is 19.5 Å². The molecule has 0 aliphatic rings. The lowest BCUT2D eigenvalue weighted by Crippen LogP contribution is -2.40. The highest BCUT2D eigenvalue weighted by molar-refractivity contribution is 14.0. The lowest BCUT2D eigenvalue weighted by Gasteiger charge is -2.18. The quantitative estimate of drug-likeness (QED) is 0.282. The van der Waals surface area contributed by atoms with Crippen LogP contribution < -0.4 is 10.6 Å². The Labute approximate surface area is 187 Å². The average Bonchev–Trinajstić information content (AvgIpc) is 3.10. The van der Waals surface area contributed by atoms with Gasteiger partial charge in [0.2, 0.25) is 0 Å². The molecule has 0 spiro atoms. The van der Waals surface area contributed by atoms with Crippen molar-refractivity contribution < 1.29 is 0 Å². The van der Waals surface area contributed by atoms with Crippen LogP contribution in [0.2, 0.25) is 0 Å². The fourth-order valence-corrected chi connectivity index (χ4v) is 3.20. The summed E-state index contributed by atoms with van der Waals surface area (Å²) in [7, 11) is 0. The highest BCUT2D eigenvalue weighted by Crippen LogP contribution is 2.16. The van der Waals surface area contributed by atoms with E-state index < -0.39 is 0 Å². The summed E-state index contributed by atoms with van der Waals surface area (Å²) in [6, 6.07) is 8.53. The van der Waals surface area contributed by atoms with Crippen molar-refractivity contribution in [2.24, 2.45) is 10.9 Å². The Bertz CT molecular complexity index is 703. The van der Waals surface area contributed by atoms with Gasteiger partial charge in [0, 0.05) is 24.1 Å². The highest BCUT2D eigenvalue weighted by atomic mass is 127. The van der Waals surface area contributed by atoms with E-state index in [0.29, 0.717) is 12.5 Å². The van der Waals surface area contributed by atoms with Crippen molar-refractivity contribution in [3.8, 4) is 0 Å². The van der Waals surface area contributed by atoms with Gasteiger partial charge in [-0.1, -0.05) is 41.4 Å². The van der Waals surface area contributed by atoms with Crippen molar-refractivity contribution in [2.75, 3.05) is 13.1 Å². The van der Waals surface area contributed by atoms with Crippen LogP contribution >= 0.6 is 39.9 Å². The van der Waals surface area contributed by atoms with Crippen LogP contribution in [0.1, 0.15) is 38.6 Å². The summed E-state index contributed by atoms with van der Waals surface area (Å²) in [6.07, 6.45) is 3.91. The van der Waals surface area contributed by atoms with Crippen molar-refractivity contribution in [3.05, 3.63) is 46.5 Å². The number of aryl methyl sites for hydroxylation is 1. The van der Waals surface area contributed by atoms with E-state index in [1.807, 2.05) is 4.57 Å². The lowest BCUT2D eigenvalue weighted by atomic mass is 9.97. The maximum Gasteiger partial charge on any atom is 0.191 e. The molecule has 8 heteroatoms. The maximum atomic E-state index is 4.66. The molecule has 1 aromatic heterocycles. The van der Waals surface area contributed by atoms with E-state index in [0.717, 1.165) is 48.7 Å². The first-order valence-electron chi connectivity index (χ1n) is 9.29. The van der Waals surface area contributed by atoms with E-state index in [4.69, 9.17) is 0 Å². The molecule has 0 bridgehead atoms. The third kappa shape index (κ3) is 8.16. The summed E-state index contributed by atoms with van der Waals surface area (Å²) in [5.74, 6) is 2.25. The molecule has 6 nitrogen and oxygen atoms in total. The smallest absolute Gasteiger partial charge is 0.191 e. The van der Waals surface area contributed by atoms with Gasteiger partial charge >= 0.3 is 0 Å². The summed E-state index contributed by atoms with van der Waals surface area (Å²) in [6.45, 7) is 9.47. The zero-order valence-corrected chi connectivity index (χ0v) is 20.2. The second kappa shape index (κ2) is 13.1. The molecule has 0 radical (unpaired) electrons. The van der Waals surface area contributed by atoms with Crippen molar-refractivity contribution in [2.45, 2.75) is 46.7 Å². The predicted molar refractivity (Wildman–Crippen MR) is 126 cm³/mol. The molecule has 150 valence electrons. The van der Waals surface area contributed by atoms with Crippen LogP contribution in [0.4, 0.5) is 0 Å². The molecule has 1 aromatic carbocycles. The molecule has 1 unspecified atom stereocenters. The standard InChI is InChI=1S/C19H29BrN6.HI/c1-4-15(10-16-8-7-9-17(20)11-16)12-22-19(21-5-2)23-13-18-25-24-14-26(18)6-3;/h7-9,11,14-15H,4-6,10,12-13H2,1-3H3,(H2,21,22,23);1H. The molecule has 2 N–H and O–H groups in total. The summed E-state index contributed by atoms with van der Waals surface area (Å²) in [4.78, 5) is 4.66. The summed E-state index contributed by atoms with van der Waals surface area (Å²) < 4.78 is 3.14. The third-order valence-electron chi connectivity index (χ3n) is 4.31. The molecular formula is C19H30BrIN6. The van der Waals surface area contributed by atoms with Crippen molar-refractivity contribution in [3.63, 3.8) is 0 Å². The first-order chi connectivity index (χ1) is 12.7. The van der Waals surface area contributed by atoms with Gasteiger partial charge in [0.15, 0.2) is 11.8 Å². The number of rotatable bonds is 9. The number of hydrogen-bond donors (Lipinski definition) is 2. The molecular weight excluding hydrogens is 519 g/mol. The fourth-order valence-electron chi connectivity index (χ4n) is 2.76. The van der Waals surface area contributed by atoms with Gasteiger partial charge in [0.25, 0.3) is 0 Å². The molecule has 27 heavy (non-hydrogen) atoms. The van der Waals surface area contributed by atoms with Crippen LogP contribution in [0.15, 0.2) is 40.1 Å². The maximum absolute atomic E-state index is 4.66. The number of guanidine groups is 1. The topological polar surface area (TPSA) is 67.1 Å². The number of nitrogens with zero attached hydrogens (tertiary/aromatic N) is 4. The number of halogens is 2. The Hall–Kier alpha value is -1.16. The van der Waals surface area contributed by atoms with Gasteiger partial charge in [0.05, 0.1) is 0 Å². The Balaban J connectivity index is 0.00000364. The Morgan fingerprint density at radius 3 is 2.74 bits per heavy atom. The number of nitrogens with one attached hydrogen (secondary N) is 2. The van der Waals surface area contributed by atoms with Gasteiger partial charge in [-0.05, 0) is 43.9 Å². The van der Waals surface area contributed by atoms with Crippen LogP contribution in [0, 0.1) is 5.92 Å². The van der Waals surface area contributed by atoms with Gasteiger partial charge in [-0.25, -0.2) is 4.99 Å². The molecule has 0 saturated heterocycles. The Kier molecular flexibility index (Phi) is 11.6. The molecule has 2 aromatic rings. The Morgan fingerprint density at radius 1 is 1.26 bits per heavy atom. The van der Waals surface area contributed by atoms with Gasteiger partial charge in [0.1, 0.15) is 12.9 Å². The van der Waals surface area contributed by atoms with E-state index in [1.165, 1.54) is 5.56 Å². The van der Waals surface area contributed by atoms with E-state index >= 15 is 0 Å². The van der Waals surface area contributed by atoms with E-state index in [2.05, 4.69) is 86.8 Å². The van der Waals surface area contributed by atoms with Gasteiger partial charge in [-0.3, -0.25) is 0 Å². The zero-order chi connectivity index (χ0) is 18.8. The third-order valence-corrected chi connectivity index (χ3v) is 4.80. The number of aromatic nitrogens is 3. The van der Waals surface area contributed by atoms with Crippen LogP contribution in [0.5, 0.6) is 0 Å². The van der Waals surface area contributed by atoms with Crippen LogP contribution in [-0.4, -0.2) is 33.8 Å². The molecule has 0 fully saturated rings. The largest absolute Gasteiger partial charge is 0.357 e. The summed E-state index contributed by atoms with van der Waals surface area (Å²) in [5.41, 5.74) is 1.35. The van der Waals surface area contributed by atoms with E-state index in [9.17, 15) is 0 Å². The van der Waals surface area contributed by atoms with Crippen molar-refractivity contribution in [1.82, 2.24) is 25.4 Å². The second-order valence-electron chi connectivity index (χ2n) is 6.22. The van der Waals surface area contributed by atoms with E-state index in [1.54, 1.807) is 6.33 Å². The molecule has 0 aliphatic carbocycles. The molecule has 1 atom stereocenters. The molecule has 0 amide bonds. The van der Waals surface area contributed by atoms with Gasteiger partial charge < -0.3 is 15.2 Å². The van der Waals surface area contributed by atoms with Gasteiger partial charge in [-0.2, -0.15) is 0 Å². The minimum absolute atomic E-state index is 0.